The van der Waals surface area contributed by atoms with E-state index in [2.05, 4.69) is 36.2 Å². The Morgan fingerprint density at radius 1 is 1.11 bits per heavy atom. The summed E-state index contributed by atoms with van der Waals surface area (Å²) in [5, 5.41) is 1.08. The highest BCUT2D eigenvalue weighted by atomic mass is 35.5. The molecule has 0 bridgehead atoms. The van der Waals surface area contributed by atoms with Crippen LogP contribution in [0, 0.1) is 13.8 Å². The molecule has 1 aromatic heterocycles. The summed E-state index contributed by atoms with van der Waals surface area (Å²) in [7, 11) is 0. The molecular weight excluding hydrogens is 297 g/mol. The molecule has 19 heavy (non-hydrogen) atoms. The highest BCUT2D eigenvalue weighted by Gasteiger charge is 2.31. The van der Waals surface area contributed by atoms with Gasteiger partial charge in [-0.3, -0.25) is 0 Å². The van der Waals surface area contributed by atoms with Crippen molar-refractivity contribution in [3.8, 4) is 0 Å². The molecule has 0 atom stereocenters. The number of halogens is 2. The number of aromatic nitrogens is 1. The SMILES string of the molecule is Cc1ccc(C(CCl)(CCl)Cc2cnc(C)s2)cc1. The third kappa shape index (κ3) is 3.31. The number of aryl methyl sites for hydroxylation is 2. The van der Waals surface area contributed by atoms with Crippen LogP contribution in [0.3, 0.4) is 0 Å². The fourth-order valence-electron chi connectivity index (χ4n) is 2.11. The molecule has 0 N–H and O–H groups in total. The Balaban J connectivity index is 2.33. The van der Waals surface area contributed by atoms with Gasteiger partial charge in [0, 0.05) is 28.2 Å². The molecule has 2 aromatic rings. The lowest BCUT2D eigenvalue weighted by Gasteiger charge is -2.29. The number of rotatable bonds is 5. The van der Waals surface area contributed by atoms with Crippen molar-refractivity contribution in [1.82, 2.24) is 4.98 Å². The van der Waals surface area contributed by atoms with Gasteiger partial charge >= 0.3 is 0 Å². The molecule has 4 heteroatoms. The molecule has 0 amide bonds. The van der Waals surface area contributed by atoms with Gasteiger partial charge in [-0.2, -0.15) is 0 Å². The molecule has 0 aliphatic rings. The number of benzene rings is 1. The minimum atomic E-state index is -0.213. The molecule has 0 fully saturated rings. The Labute approximate surface area is 128 Å². The Bertz CT molecular complexity index is 529. The van der Waals surface area contributed by atoms with E-state index in [1.165, 1.54) is 16.0 Å². The third-order valence-electron chi connectivity index (χ3n) is 3.36. The van der Waals surface area contributed by atoms with E-state index >= 15 is 0 Å². The molecule has 0 unspecified atom stereocenters. The van der Waals surface area contributed by atoms with Gasteiger partial charge in [0.15, 0.2) is 0 Å². The predicted octanol–water partition coefficient (Wildman–Crippen LogP) is 4.72. The van der Waals surface area contributed by atoms with Crippen LogP contribution >= 0.6 is 34.5 Å². The molecule has 0 saturated heterocycles. The minimum Gasteiger partial charge on any atom is -0.250 e. The predicted molar refractivity (Wildman–Crippen MR) is 84.9 cm³/mol. The van der Waals surface area contributed by atoms with Crippen LogP contribution in [0.15, 0.2) is 30.5 Å². The van der Waals surface area contributed by atoms with Crippen LogP contribution in [-0.2, 0) is 11.8 Å². The van der Waals surface area contributed by atoms with E-state index in [1.807, 2.05) is 13.1 Å². The van der Waals surface area contributed by atoms with Gasteiger partial charge in [0.2, 0.25) is 0 Å². The van der Waals surface area contributed by atoms with Gasteiger partial charge in [0.05, 0.1) is 5.01 Å². The van der Waals surface area contributed by atoms with Gasteiger partial charge in [0.1, 0.15) is 0 Å². The minimum absolute atomic E-state index is 0.213. The van der Waals surface area contributed by atoms with Crippen molar-refractivity contribution in [2.24, 2.45) is 0 Å². The molecule has 1 aromatic carbocycles. The second kappa shape index (κ2) is 6.25. The standard InChI is InChI=1S/C15H17Cl2NS/c1-11-3-5-13(6-4-11)15(9-16,10-17)7-14-8-18-12(2)19-14/h3-6,8H,7,9-10H2,1-2H3. The van der Waals surface area contributed by atoms with Crippen LogP contribution in [0.2, 0.25) is 0 Å². The highest BCUT2D eigenvalue weighted by molar-refractivity contribution is 7.11. The van der Waals surface area contributed by atoms with Crippen LogP contribution in [0.4, 0.5) is 0 Å². The second-order valence-corrected chi connectivity index (χ2v) is 6.79. The molecule has 0 aliphatic heterocycles. The van der Waals surface area contributed by atoms with Crippen molar-refractivity contribution < 1.29 is 0 Å². The van der Waals surface area contributed by atoms with Crippen LogP contribution in [0.1, 0.15) is 21.0 Å². The summed E-state index contributed by atoms with van der Waals surface area (Å²) in [5.41, 5.74) is 2.24. The maximum absolute atomic E-state index is 6.26. The first-order valence-electron chi connectivity index (χ1n) is 6.20. The van der Waals surface area contributed by atoms with Gasteiger partial charge in [0.25, 0.3) is 0 Å². The summed E-state index contributed by atoms with van der Waals surface area (Å²) >= 11 is 14.2. The Morgan fingerprint density at radius 2 is 1.74 bits per heavy atom. The molecule has 1 heterocycles. The Morgan fingerprint density at radius 3 is 2.21 bits per heavy atom. The summed E-state index contributed by atoms with van der Waals surface area (Å²) in [4.78, 5) is 5.55. The molecular formula is C15H17Cl2NS. The van der Waals surface area contributed by atoms with Crippen LogP contribution < -0.4 is 0 Å². The van der Waals surface area contributed by atoms with Gasteiger partial charge in [-0.1, -0.05) is 29.8 Å². The average molecular weight is 314 g/mol. The van der Waals surface area contributed by atoms with Crippen LogP contribution in [0.25, 0.3) is 0 Å². The van der Waals surface area contributed by atoms with E-state index in [-0.39, 0.29) is 5.41 Å². The number of nitrogens with zero attached hydrogens (tertiary/aromatic N) is 1. The highest BCUT2D eigenvalue weighted by Crippen LogP contribution is 2.33. The fourth-order valence-corrected chi connectivity index (χ4v) is 3.84. The van der Waals surface area contributed by atoms with E-state index in [0.717, 1.165) is 11.4 Å². The zero-order valence-electron chi connectivity index (χ0n) is 11.1. The first-order chi connectivity index (χ1) is 9.09. The van der Waals surface area contributed by atoms with Crippen molar-refractivity contribution in [2.75, 3.05) is 11.8 Å². The van der Waals surface area contributed by atoms with Crippen molar-refractivity contribution in [1.29, 1.82) is 0 Å². The summed E-state index contributed by atoms with van der Waals surface area (Å²) in [6.45, 7) is 4.10. The van der Waals surface area contributed by atoms with Gasteiger partial charge in [-0.15, -0.1) is 34.5 Å². The van der Waals surface area contributed by atoms with Gasteiger partial charge in [-0.25, -0.2) is 4.98 Å². The monoisotopic (exact) mass is 313 g/mol. The molecule has 0 saturated carbocycles. The summed E-state index contributed by atoms with van der Waals surface area (Å²) in [6.07, 6.45) is 2.77. The van der Waals surface area contributed by atoms with Crippen molar-refractivity contribution >= 4 is 34.5 Å². The molecule has 102 valence electrons. The maximum Gasteiger partial charge on any atom is 0.0896 e. The molecule has 0 radical (unpaired) electrons. The Kier molecular flexibility index (Phi) is 4.88. The first-order valence-corrected chi connectivity index (χ1v) is 8.08. The zero-order chi connectivity index (χ0) is 13.9. The van der Waals surface area contributed by atoms with E-state index in [1.54, 1.807) is 11.3 Å². The lowest BCUT2D eigenvalue weighted by Crippen LogP contribution is -2.33. The lowest BCUT2D eigenvalue weighted by atomic mass is 9.80. The zero-order valence-corrected chi connectivity index (χ0v) is 13.4. The summed E-state index contributed by atoms with van der Waals surface area (Å²) in [5.74, 6) is 1.02. The molecule has 1 nitrogen and oxygen atoms in total. The van der Waals surface area contributed by atoms with Crippen LogP contribution in [0.5, 0.6) is 0 Å². The topological polar surface area (TPSA) is 12.9 Å². The van der Waals surface area contributed by atoms with Gasteiger partial charge < -0.3 is 0 Å². The van der Waals surface area contributed by atoms with Crippen LogP contribution in [-0.4, -0.2) is 16.7 Å². The van der Waals surface area contributed by atoms with E-state index in [0.29, 0.717) is 11.8 Å². The molecule has 2 rings (SSSR count). The van der Waals surface area contributed by atoms with Crippen molar-refractivity contribution in [3.05, 3.63) is 51.5 Å². The van der Waals surface area contributed by atoms with E-state index in [4.69, 9.17) is 23.2 Å². The number of thiazole rings is 1. The Hall–Kier alpha value is -0.570. The summed E-state index contributed by atoms with van der Waals surface area (Å²) in [6, 6.07) is 8.49. The normalized spacial score (nSPS) is 11.8. The fraction of sp³-hybridized carbons (Fsp3) is 0.400. The maximum atomic E-state index is 6.26. The quantitative estimate of drug-likeness (QED) is 0.728. The van der Waals surface area contributed by atoms with Gasteiger partial charge in [-0.05, 0) is 25.8 Å². The third-order valence-corrected chi connectivity index (χ3v) is 5.29. The van der Waals surface area contributed by atoms with Crippen molar-refractivity contribution in [3.63, 3.8) is 0 Å². The lowest BCUT2D eigenvalue weighted by molar-refractivity contribution is 0.540. The summed E-state index contributed by atoms with van der Waals surface area (Å²) < 4.78 is 0. The van der Waals surface area contributed by atoms with Crippen molar-refractivity contribution in [2.45, 2.75) is 25.7 Å². The molecule has 0 aliphatic carbocycles. The smallest absolute Gasteiger partial charge is 0.0896 e. The first kappa shape index (κ1) is 14.8. The number of alkyl halides is 2. The van der Waals surface area contributed by atoms with E-state index < -0.39 is 0 Å². The largest absolute Gasteiger partial charge is 0.250 e. The second-order valence-electron chi connectivity index (χ2n) is 4.94. The molecule has 0 spiro atoms. The average Bonchev–Trinajstić information content (AvgIpc) is 2.82. The number of hydrogen-bond donors (Lipinski definition) is 0. The van der Waals surface area contributed by atoms with E-state index in [9.17, 15) is 0 Å². The number of hydrogen-bond acceptors (Lipinski definition) is 2.